The van der Waals surface area contributed by atoms with Gasteiger partial charge in [0, 0.05) is 88.0 Å². The highest BCUT2D eigenvalue weighted by molar-refractivity contribution is 5.98. The highest BCUT2D eigenvalue weighted by atomic mass is 15.3. The molecule has 2 saturated heterocycles. The third-order valence-corrected chi connectivity index (χ3v) is 12.8. The van der Waals surface area contributed by atoms with Crippen molar-refractivity contribution < 1.29 is 0 Å². The van der Waals surface area contributed by atoms with Gasteiger partial charge in [-0.25, -0.2) is 19.3 Å². The first-order valence-electron chi connectivity index (χ1n) is 20.7. The SMILES string of the molecule is CN(c1ncc(-c2ccc(-n3cccn3)c3[nH]ncc23)nn1)C1CC(C)(C)NC(C)(C2(C)CC(Nc3ncc(-c4ccc(-n5cccn5)c5[nH]ncc45)nn3)CC(C)(C)N2)C1. The molecule has 0 aliphatic carbocycles. The van der Waals surface area contributed by atoms with Gasteiger partial charge in [-0.3, -0.25) is 10.2 Å². The fraction of sp³-hybridized carbons (Fsp3) is 0.395. The van der Waals surface area contributed by atoms with E-state index in [1.54, 1.807) is 24.8 Å². The number of nitrogens with zero attached hydrogens (tertiary/aromatic N) is 13. The zero-order valence-corrected chi connectivity index (χ0v) is 35.4. The van der Waals surface area contributed by atoms with Crippen LogP contribution in [0.25, 0.3) is 55.7 Å². The van der Waals surface area contributed by atoms with Crippen LogP contribution in [0.5, 0.6) is 0 Å². The number of hydrogen-bond acceptors (Lipinski definition) is 14. The number of aromatic amines is 2. The normalized spacial score (nSPS) is 23.7. The van der Waals surface area contributed by atoms with E-state index in [0.717, 1.165) is 70.0 Å². The number of H-pyrrole nitrogens is 2. The maximum Gasteiger partial charge on any atom is 0.245 e. The molecule has 2 fully saturated rings. The highest BCUT2D eigenvalue weighted by Gasteiger charge is 2.56. The lowest BCUT2D eigenvalue weighted by molar-refractivity contribution is 0.0138. The van der Waals surface area contributed by atoms with Crippen LogP contribution in [0, 0.1) is 0 Å². The van der Waals surface area contributed by atoms with Crippen LogP contribution < -0.4 is 20.9 Å². The van der Waals surface area contributed by atoms with Crippen molar-refractivity contribution in [3.63, 3.8) is 0 Å². The number of anilines is 2. The van der Waals surface area contributed by atoms with Crippen molar-refractivity contribution in [2.75, 3.05) is 17.3 Å². The molecule has 10 rings (SSSR count). The van der Waals surface area contributed by atoms with Gasteiger partial charge in [-0.05, 0) is 104 Å². The lowest BCUT2D eigenvalue weighted by Crippen LogP contribution is -2.79. The molecule has 4 unspecified atom stereocenters. The summed E-state index contributed by atoms with van der Waals surface area (Å²) in [5.74, 6) is 1.09. The summed E-state index contributed by atoms with van der Waals surface area (Å²) >= 11 is 0. The molecule has 4 atom stereocenters. The molecule has 61 heavy (non-hydrogen) atoms. The fourth-order valence-corrected chi connectivity index (χ4v) is 10.2. The largest absolute Gasteiger partial charge is 0.350 e. The Morgan fingerprint density at radius 3 is 1.72 bits per heavy atom. The number of aromatic nitrogens is 14. The van der Waals surface area contributed by atoms with E-state index >= 15 is 0 Å². The Morgan fingerprint density at radius 1 is 0.639 bits per heavy atom. The topological polar surface area (TPSA) is 210 Å². The monoisotopic (exact) mass is 818 g/mol. The predicted molar refractivity (Wildman–Crippen MR) is 233 cm³/mol. The van der Waals surface area contributed by atoms with Gasteiger partial charge < -0.3 is 20.9 Å². The summed E-state index contributed by atoms with van der Waals surface area (Å²) in [6.45, 7) is 13.8. The van der Waals surface area contributed by atoms with Crippen molar-refractivity contribution >= 4 is 33.7 Å². The Balaban J connectivity index is 0.865. The Morgan fingerprint density at radius 2 is 1.20 bits per heavy atom. The van der Waals surface area contributed by atoms with E-state index in [-0.39, 0.29) is 34.2 Å². The summed E-state index contributed by atoms with van der Waals surface area (Å²) in [5.41, 5.74) is 5.65. The standard InChI is InChI=1S/C43H50N18/c1-40(2)18-26(50-38-44-24-32(51-55-38)28-10-12-34(60-16-8-14-48-60)36-30(28)22-46-53-36)19-42(5,57-40)43(6)21-27(20-41(3,4)58-43)59(7)39-45-25-33(52-56-39)29-11-13-35(61-17-9-15-49-61)37-31(29)23-47-54-37/h8-17,22-27,57-58H,18-21H2,1-7H3,(H,46,53)(H,47,54)(H,44,50,55). The molecule has 312 valence electrons. The van der Waals surface area contributed by atoms with Crippen LogP contribution >= 0.6 is 0 Å². The van der Waals surface area contributed by atoms with Gasteiger partial charge in [0.2, 0.25) is 11.9 Å². The quantitative estimate of drug-likeness (QED) is 0.119. The Kier molecular flexibility index (Phi) is 8.99. The third-order valence-electron chi connectivity index (χ3n) is 12.8. The molecule has 2 aromatic carbocycles. The van der Waals surface area contributed by atoms with Gasteiger partial charge in [0.1, 0.15) is 11.4 Å². The van der Waals surface area contributed by atoms with Crippen LogP contribution in [0.4, 0.5) is 11.9 Å². The molecule has 18 nitrogen and oxygen atoms in total. The van der Waals surface area contributed by atoms with Crippen LogP contribution in [-0.4, -0.2) is 112 Å². The van der Waals surface area contributed by atoms with Gasteiger partial charge in [0.05, 0.1) is 47.2 Å². The lowest BCUT2D eigenvalue weighted by atomic mass is 9.63. The molecule has 6 aromatic heterocycles. The van der Waals surface area contributed by atoms with Crippen LogP contribution in [0.1, 0.15) is 67.2 Å². The first kappa shape index (κ1) is 38.5. The van der Waals surface area contributed by atoms with Gasteiger partial charge in [0.25, 0.3) is 0 Å². The average molecular weight is 819 g/mol. The molecule has 0 amide bonds. The first-order chi connectivity index (χ1) is 29.3. The maximum atomic E-state index is 4.88. The van der Waals surface area contributed by atoms with E-state index in [1.165, 1.54) is 0 Å². The second-order valence-corrected chi connectivity index (χ2v) is 18.4. The smallest absolute Gasteiger partial charge is 0.245 e. The number of rotatable bonds is 9. The van der Waals surface area contributed by atoms with E-state index in [2.05, 4.69) is 110 Å². The van der Waals surface area contributed by atoms with E-state index < -0.39 is 0 Å². The Hall–Kier alpha value is -6.66. The van der Waals surface area contributed by atoms with Crippen LogP contribution in [0.15, 0.2) is 86.0 Å². The van der Waals surface area contributed by atoms with Crippen LogP contribution in [0.2, 0.25) is 0 Å². The summed E-state index contributed by atoms with van der Waals surface area (Å²) in [5, 5.41) is 56.0. The van der Waals surface area contributed by atoms with Gasteiger partial charge in [-0.15, -0.1) is 20.4 Å². The second kappa shape index (κ2) is 14.2. The number of fused-ring (bicyclic) bond motifs is 2. The molecular weight excluding hydrogens is 769 g/mol. The van der Waals surface area contributed by atoms with Crippen LogP contribution in [0.3, 0.4) is 0 Å². The zero-order valence-electron chi connectivity index (χ0n) is 35.4. The van der Waals surface area contributed by atoms with E-state index in [9.17, 15) is 0 Å². The Bertz CT molecular complexity index is 2810. The summed E-state index contributed by atoms with van der Waals surface area (Å²) < 4.78 is 3.63. The van der Waals surface area contributed by atoms with Gasteiger partial charge in [0.15, 0.2) is 0 Å². The summed E-state index contributed by atoms with van der Waals surface area (Å²) in [6.07, 6.45) is 18.0. The molecule has 18 heteroatoms. The summed E-state index contributed by atoms with van der Waals surface area (Å²) in [4.78, 5) is 11.9. The molecule has 8 aromatic rings. The van der Waals surface area contributed by atoms with Crippen molar-refractivity contribution in [1.29, 1.82) is 0 Å². The minimum absolute atomic E-state index is 0.0815. The van der Waals surface area contributed by atoms with Gasteiger partial charge in [-0.1, -0.05) is 0 Å². The minimum Gasteiger partial charge on any atom is -0.350 e. The van der Waals surface area contributed by atoms with Crippen LogP contribution in [-0.2, 0) is 0 Å². The average Bonchev–Trinajstić information content (AvgIpc) is 4.07. The van der Waals surface area contributed by atoms with Gasteiger partial charge in [-0.2, -0.15) is 20.4 Å². The summed E-state index contributed by atoms with van der Waals surface area (Å²) in [7, 11) is 2.08. The summed E-state index contributed by atoms with van der Waals surface area (Å²) in [6, 6.07) is 12.0. The Labute approximate surface area is 352 Å². The van der Waals surface area contributed by atoms with Crippen molar-refractivity contribution in [2.24, 2.45) is 0 Å². The molecular formula is C43H50N18. The molecule has 2 aliphatic rings. The molecule has 2 aliphatic heterocycles. The predicted octanol–water partition coefficient (Wildman–Crippen LogP) is 5.64. The molecule has 5 N–H and O–H groups in total. The van der Waals surface area contributed by atoms with E-state index in [1.807, 2.05) is 70.5 Å². The third kappa shape index (κ3) is 6.94. The number of piperidine rings is 2. The fourth-order valence-electron chi connectivity index (χ4n) is 10.2. The molecule has 0 bridgehead atoms. The van der Waals surface area contributed by atoms with E-state index in [4.69, 9.17) is 20.2 Å². The molecule has 0 saturated carbocycles. The van der Waals surface area contributed by atoms with Crippen molar-refractivity contribution in [3.8, 4) is 33.9 Å². The van der Waals surface area contributed by atoms with Crippen molar-refractivity contribution in [1.82, 2.24) is 81.0 Å². The first-order valence-corrected chi connectivity index (χ1v) is 20.7. The number of benzene rings is 2. The zero-order chi connectivity index (χ0) is 42.1. The molecule has 8 heterocycles. The molecule has 0 spiro atoms. The second-order valence-electron chi connectivity index (χ2n) is 18.4. The van der Waals surface area contributed by atoms with Crippen molar-refractivity contribution in [2.45, 2.75) is 101 Å². The van der Waals surface area contributed by atoms with E-state index in [0.29, 0.717) is 23.3 Å². The maximum absolute atomic E-state index is 4.88. The van der Waals surface area contributed by atoms with Gasteiger partial charge >= 0.3 is 0 Å². The highest BCUT2D eigenvalue weighted by Crippen LogP contribution is 2.44. The minimum atomic E-state index is -0.332. The number of nitrogens with one attached hydrogen (secondary N) is 5. The number of hydrogen-bond donors (Lipinski definition) is 5. The lowest BCUT2D eigenvalue weighted by Gasteiger charge is -2.61. The van der Waals surface area contributed by atoms with Crippen molar-refractivity contribution in [3.05, 3.63) is 86.0 Å². The molecule has 0 radical (unpaired) electrons.